The van der Waals surface area contributed by atoms with Gasteiger partial charge in [-0.05, 0) is 60.0 Å². The van der Waals surface area contributed by atoms with Gasteiger partial charge < -0.3 is 4.90 Å². The molecule has 0 N–H and O–H groups in total. The maximum atomic E-state index is 12.0. The predicted molar refractivity (Wildman–Crippen MR) is 102 cm³/mol. The van der Waals surface area contributed by atoms with E-state index in [4.69, 9.17) is 0 Å². The Balaban J connectivity index is 1.55. The van der Waals surface area contributed by atoms with E-state index >= 15 is 0 Å². The Hall–Kier alpha value is -1.62. The van der Waals surface area contributed by atoms with Gasteiger partial charge in [-0.1, -0.05) is 29.8 Å². The van der Waals surface area contributed by atoms with E-state index in [1.165, 1.54) is 35.1 Å². The van der Waals surface area contributed by atoms with Gasteiger partial charge in [0.1, 0.15) is 4.47 Å². The number of halogens is 1. The van der Waals surface area contributed by atoms with Crippen LogP contribution in [0.25, 0.3) is 0 Å². The number of nitrogens with zero attached hydrogens (tertiary/aromatic N) is 3. The fourth-order valence-corrected chi connectivity index (χ4v) is 3.92. The Labute approximate surface area is 151 Å². The van der Waals surface area contributed by atoms with E-state index in [9.17, 15) is 4.79 Å². The van der Waals surface area contributed by atoms with Crippen molar-refractivity contribution in [3.8, 4) is 0 Å². The van der Waals surface area contributed by atoms with Crippen LogP contribution >= 0.6 is 15.9 Å². The molecule has 0 saturated carbocycles. The molecule has 1 saturated heterocycles. The van der Waals surface area contributed by atoms with Crippen LogP contribution in [0.5, 0.6) is 0 Å². The summed E-state index contributed by atoms with van der Waals surface area (Å²) in [6, 6.07) is 8.87. The number of rotatable bonds is 4. The zero-order valence-corrected chi connectivity index (χ0v) is 15.9. The van der Waals surface area contributed by atoms with Crippen LogP contribution in [0, 0.1) is 12.8 Å². The molecule has 1 fully saturated rings. The molecule has 24 heavy (non-hydrogen) atoms. The second kappa shape index (κ2) is 7.51. The number of anilines is 1. The standard InChI is InChI=1S/C19H24BrN3O/c1-14-3-5-15(6-4-14)7-8-16-9-11-23(12-10-16)17-13-21-22(2)19(24)18(17)20/h3-6,13,16H,7-12H2,1-2H3. The molecule has 1 aromatic heterocycles. The van der Waals surface area contributed by atoms with Crippen molar-refractivity contribution in [1.82, 2.24) is 9.78 Å². The van der Waals surface area contributed by atoms with Gasteiger partial charge >= 0.3 is 0 Å². The van der Waals surface area contributed by atoms with E-state index in [1.807, 2.05) is 0 Å². The molecule has 2 aromatic rings. The molecule has 0 amide bonds. The molecule has 5 heteroatoms. The molecule has 128 valence electrons. The number of aromatic nitrogens is 2. The van der Waals surface area contributed by atoms with Crippen LogP contribution < -0.4 is 10.5 Å². The summed E-state index contributed by atoms with van der Waals surface area (Å²) in [6.07, 6.45) is 6.54. The highest BCUT2D eigenvalue weighted by Gasteiger charge is 2.22. The number of piperidine rings is 1. The summed E-state index contributed by atoms with van der Waals surface area (Å²) in [5.74, 6) is 0.765. The summed E-state index contributed by atoms with van der Waals surface area (Å²) in [5.41, 5.74) is 3.60. The van der Waals surface area contributed by atoms with Crippen LogP contribution in [0.2, 0.25) is 0 Å². The Morgan fingerprint density at radius 1 is 1.21 bits per heavy atom. The Morgan fingerprint density at radius 3 is 2.54 bits per heavy atom. The highest BCUT2D eigenvalue weighted by molar-refractivity contribution is 9.10. The third-order valence-electron chi connectivity index (χ3n) is 4.98. The van der Waals surface area contributed by atoms with Crippen molar-refractivity contribution in [2.75, 3.05) is 18.0 Å². The van der Waals surface area contributed by atoms with Crippen molar-refractivity contribution >= 4 is 21.6 Å². The Morgan fingerprint density at radius 2 is 1.88 bits per heavy atom. The number of hydrogen-bond acceptors (Lipinski definition) is 3. The largest absolute Gasteiger partial charge is 0.369 e. The molecule has 0 unspecified atom stereocenters. The van der Waals surface area contributed by atoms with Crippen LogP contribution in [0.4, 0.5) is 5.69 Å². The van der Waals surface area contributed by atoms with E-state index in [0.29, 0.717) is 4.47 Å². The van der Waals surface area contributed by atoms with Crippen LogP contribution in [-0.2, 0) is 13.5 Å². The first-order valence-corrected chi connectivity index (χ1v) is 9.36. The minimum absolute atomic E-state index is 0.0750. The minimum Gasteiger partial charge on any atom is -0.369 e. The predicted octanol–water partition coefficient (Wildman–Crippen LogP) is 3.70. The van der Waals surface area contributed by atoms with Gasteiger partial charge in [0.15, 0.2) is 0 Å². The van der Waals surface area contributed by atoms with Crippen molar-refractivity contribution in [1.29, 1.82) is 0 Å². The average Bonchev–Trinajstić information content (AvgIpc) is 2.60. The number of hydrogen-bond donors (Lipinski definition) is 0. The van der Waals surface area contributed by atoms with E-state index in [-0.39, 0.29) is 5.56 Å². The van der Waals surface area contributed by atoms with Gasteiger partial charge in [-0.2, -0.15) is 5.10 Å². The first-order valence-electron chi connectivity index (χ1n) is 8.57. The van der Waals surface area contributed by atoms with Crippen LogP contribution in [-0.4, -0.2) is 22.9 Å². The summed E-state index contributed by atoms with van der Waals surface area (Å²) in [4.78, 5) is 14.3. The van der Waals surface area contributed by atoms with Crippen molar-refractivity contribution in [2.24, 2.45) is 13.0 Å². The molecule has 4 nitrogen and oxygen atoms in total. The molecule has 1 aliphatic heterocycles. The molecular weight excluding hydrogens is 366 g/mol. The second-order valence-electron chi connectivity index (χ2n) is 6.73. The molecule has 0 bridgehead atoms. The van der Waals surface area contributed by atoms with Crippen molar-refractivity contribution in [3.05, 3.63) is 56.4 Å². The van der Waals surface area contributed by atoms with Gasteiger partial charge in [-0.3, -0.25) is 4.79 Å². The van der Waals surface area contributed by atoms with Gasteiger partial charge in [0.25, 0.3) is 5.56 Å². The summed E-state index contributed by atoms with van der Waals surface area (Å²) >= 11 is 3.43. The Kier molecular flexibility index (Phi) is 5.39. The first-order chi connectivity index (χ1) is 11.5. The summed E-state index contributed by atoms with van der Waals surface area (Å²) in [5, 5.41) is 4.15. The molecule has 1 aliphatic rings. The van der Waals surface area contributed by atoms with Gasteiger partial charge in [-0.25, -0.2) is 4.68 Å². The van der Waals surface area contributed by atoms with Crippen molar-refractivity contribution < 1.29 is 0 Å². The van der Waals surface area contributed by atoms with E-state index < -0.39 is 0 Å². The maximum Gasteiger partial charge on any atom is 0.282 e. The van der Waals surface area contributed by atoms with E-state index in [0.717, 1.165) is 31.1 Å². The lowest BCUT2D eigenvalue weighted by Gasteiger charge is -2.33. The second-order valence-corrected chi connectivity index (χ2v) is 7.52. The third-order valence-corrected chi connectivity index (χ3v) is 5.72. The monoisotopic (exact) mass is 389 g/mol. The van der Waals surface area contributed by atoms with Crippen LogP contribution in [0.1, 0.15) is 30.4 Å². The lowest BCUT2D eigenvalue weighted by atomic mass is 9.90. The number of aryl methyl sites for hydroxylation is 3. The van der Waals surface area contributed by atoms with E-state index in [2.05, 4.69) is 57.1 Å². The smallest absolute Gasteiger partial charge is 0.282 e. The third kappa shape index (κ3) is 3.89. The maximum absolute atomic E-state index is 12.0. The normalized spacial score (nSPS) is 15.7. The topological polar surface area (TPSA) is 38.1 Å². The SMILES string of the molecule is Cc1ccc(CCC2CCN(c3cnn(C)c(=O)c3Br)CC2)cc1. The van der Waals surface area contributed by atoms with Crippen molar-refractivity contribution in [3.63, 3.8) is 0 Å². The lowest BCUT2D eigenvalue weighted by Crippen LogP contribution is -2.35. The summed E-state index contributed by atoms with van der Waals surface area (Å²) in [7, 11) is 1.67. The van der Waals surface area contributed by atoms with Gasteiger partial charge in [0.2, 0.25) is 0 Å². The van der Waals surface area contributed by atoms with Crippen molar-refractivity contribution in [2.45, 2.75) is 32.6 Å². The van der Waals surface area contributed by atoms with Gasteiger partial charge in [-0.15, -0.1) is 0 Å². The van der Waals surface area contributed by atoms with Gasteiger partial charge in [0.05, 0.1) is 11.9 Å². The van der Waals surface area contributed by atoms with Gasteiger partial charge in [0, 0.05) is 20.1 Å². The molecular formula is C19H24BrN3O. The van der Waals surface area contributed by atoms with Crippen LogP contribution in [0.15, 0.2) is 39.7 Å². The molecule has 3 rings (SSSR count). The molecule has 0 aliphatic carbocycles. The minimum atomic E-state index is -0.0750. The molecule has 2 heterocycles. The molecule has 0 radical (unpaired) electrons. The Bertz CT molecular complexity index is 746. The molecule has 0 atom stereocenters. The molecule has 1 aromatic carbocycles. The molecule has 0 spiro atoms. The number of benzene rings is 1. The fourth-order valence-electron chi connectivity index (χ4n) is 3.31. The zero-order valence-electron chi connectivity index (χ0n) is 14.3. The quantitative estimate of drug-likeness (QED) is 0.799. The van der Waals surface area contributed by atoms with E-state index in [1.54, 1.807) is 13.2 Å². The fraction of sp³-hybridized carbons (Fsp3) is 0.474. The lowest BCUT2D eigenvalue weighted by molar-refractivity contribution is 0.381. The highest BCUT2D eigenvalue weighted by Crippen LogP contribution is 2.29. The summed E-state index contributed by atoms with van der Waals surface area (Å²) in [6.45, 7) is 4.11. The highest BCUT2D eigenvalue weighted by atomic mass is 79.9. The first kappa shape index (κ1) is 17.2. The summed E-state index contributed by atoms with van der Waals surface area (Å²) < 4.78 is 1.99. The zero-order chi connectivity index (χ0) is 17.1. The van der Waals surface area contributed by atoms with Crippen LogP contribution in [0.3, 0.4) is 0 Å². The average molecular weight is 390 g/mol.